The van der Waals surface area contributed by atoms with E-state index in [0.717, 1.165) is 30.5 Å². The van der Waals surface area contributed by atoms with Crippen LogP contribution in [-0.2, 0) is 6.54 Å². The summed E-state index contributed by atoms with van der Waals surface area (Å²) in [5.41, 5.74) is 0.406. The molecule has 0 aliphatic heterocycles. The third kappa shape index (κ3) is 4.14. The lowest BCUT2D eigenvalue weighted by Gasteiger charge is -2.31. The van der Waals surface area contributed by atoms with E-state index < -0.39 is 23.4 Å². The summed E-state index contributed by atoms with van der Waals surface area (Å²) >= 11 is 0. The molecule has 1 saturated carbocycles. The fourth-order valence-electron chi connectivity index (χ4n) is 2.90. The number of anilines is 1. The number of halogens is 2. The largest absolute Gasteiger partial charge is 0.394 e. The minimum absolute atomic E-state index is 0.190. The van der Waals surface area contributed by atoms with E-state index in [9.17, 15) is 18.7 Å². The summed E-state index contributed by atoms with van der Waals surface area (Å²) in [5, 5.41) is 12.1. The van der Waals surface area contributed by atoms with Crippen LogP contribution in [0.2, 0.25) is 0 Å². The molecule has 1 aliphatic rings. The van der Waals surface area contributed by atoms with Gasteiger partial charge in [0, 0.05) is 6.54 Å². The van der Waals surface area contributed by atoms with Crippen molar-refractivity contribution < 1.29 is 18.7 Å². The van der Waals surface area contributed by atoms with Crippen LogP contribution >= 0.6 is 0 Å². The summed E-state index contributed by atoms with van der Waals surface area (Å²) in [7, 11) is 0. The number of nitrogens with one attached hydrogen (secondary N) is 1. The molecule has 2 aromatic rings. The molecule has 1 atom stereocenters. The second kappa shape index (κ2) is 7.61. The lowest BCUT2D eigenvalue weighted by Crippen LogP contribution is -2.45. The van der Waals surface area contributed by atoms with Gasteiger partial charge in [-0.1, -0.05) is 36.4 Å². The maximum Gasteiger partial charge on any atom is 0.322 e. The molecule has 2 N–H and O–H groups in total. The molecule has 1 fully saturated rings. The molecular weight excluding hydrogens is 326 g/mol. The SMILES string of the molecule is O=C(Nc1c(F)cccc1F)N(Cc1ccccc1)C(CO)C1CC1. The fourth-order valence-corrected chi connectivity index (χ4v) is 2.90. The van der Waals surface area contributed by atoms with Gasteiger partial charge in [0.25, 0.3) is 0 Å². The zero-order valence-corrected chi connectivity index (χ0v) is 13.7. The lowest BCUT2D eigenvalue weighted by molar-refractivity contribution is 0.124. The third-order valence-corrected chi connectivity index (χ3v) is 4.40. The van der Waals surface area contributed by atoms with Gasteiger partial charge in [0.1, 0.15) is 17.3 Å². The maximum absolute atomic E-state index is 13.8. The van der Waals surface area contributed by atoms with Crippen LogP contribution in [0, 0.1) is 17.6 Å². The number of rotatable bonds is 6. The molecule has 3 rings (SSSR count). The average molecular weight is 346 g/mol. The molecule has 2 amide bonds. The summed E-state index contributed by atoms with van der Waals surface area (Å²) in [6.45, 7) is 0.0646. The first kappa shape index (κ1) is 17.4. The predicted octanol–water partition coefficient (Wildman–Crippen LogP) is 3.77. The van der Waals surface area contributed by atoms with Gasteiger partial charge in [0.15, 0.2) is 0 Å². The Balaban J connectivity index is 1.83. The van der Waals surface area contributed by atoms with Crippen molar-refractivity contribution in [3.63, 3.8) is 0 Å². The number of nitrogens with zero attached hydrogens (tertiary/aromatic N) is 1. The van der Waals surface area contributed by atoms with Crippen molar-refractivity contribution in [2.75, 3.05) is 11.9 Å². The van der Waals surface area contributed by atoms with Gasteiger partial charge in [0.05, 0.1) is 12.6 Å². The van der Waals surface area contributed by atoms with Crippen LogP contribution in [0.25, 0.3) is 0 Å². The van der Waals surface area contributed by atoms with E-state index in [1.54, 1.807) is 0 Å². The molecule has 1 unspecified atom stereocenters. The molecule has 25 heavy (non-hydrogen) atoms. The van der Waals surface area contributed by atoms with E-state index in [1.807, 2.05) is 30.3 Å². The van der Waals surface area contributed by atoms with Crippen LogP contribution in [0.15, 0.2) is 48.5 Å². The van der Waals surface area contributed by atoms with Crippen molar-refractivity contribution in [3.8, 4) is 0 Å². The number of para-hydroxylation sites is 1. The fraction of sp³-hybridized carbons (Fsp3) is 0.316. The number of carbonyl (C=O) groups excluding carboxylic acids is 1. The van der Waals surface area contributed by atoms with Crippen molar-refractivity contribution in [3.05, 3.63) is 65.7 Å². The van der Waals surface area contributed by atoms with Crippen molar-refractivity contribution >= 4 is 11.7 Å². The summed E-state index contributed by atoms with van der Waals surface area (Å²) in [5.74, 6) is -1.45. The molecule has 132 valence electrons. The molecule has 0 heterocycles. The smallest absolute Gasteiger partial charge is 0.322 e. The van der Waals surface area contributed by atoms with Crippen LogP contribution in [0.4, 0.5) is 19.3 Å². The van der Waals surface area contributed by atoms with Crippen molar-refractivity contribution in [1.29, 1.82) is 0 Å². The highest BCUT2D eigenvalue weighted by molar-refractivity contribution is 5.89. The first-order valence-electron chi connectivity index (χ1n) is 8.26. The Hall–Kier alpha value is -2.47. The van der Waals surface area contributed by atoms with Crippen molar-refractivity contribution in [1.82, 2.24) is 4.90 Å². The number of benzene rings is 2. The number of aliphatic hydroxyl groups excluding tert-OH is 1. The number of amides is 2. The van der Waals surface area contributed by atoms with Gasteiger partial charge in [-0.15, -0.1) is 0 Å². The van der Waals surface area contributed by atoms with E-state index in [-0.39, 0.29) is 25.1 Å². The Labute approximate surface area is 145 Å². The molecule has 2 aromatic carbocycles. The van der Waals surface area contributed by atoms with Gasteiger partial charge in [0.2, 0.25) is 0 Å². The second-order valence-corrected chi connectivity index (χ2v) is 6.23. The molecular formula is C19H20F2N2O2. The molecule has 0 saturated heterocycles. The molecule has 1 aliphatic carbocycles. The van der Waals surface area contributed by atoms with Gasteiger partial charge in [-0.05, 0) is 36.5 Å². The Bertz CT molecular complexity index is 715. The van der Waals surface area contributed by atoms with Crippen molar-refractivity contribution in [2.24, 2.45) is 5.92 Å². The number of carbonyl (C=O) groups is 1. The summed E-state index contributed by atoms with van der Waals surface area (Å²) in [6.07, 6.45) is 1.86. The van der Waals surface area contributed by atoms with E-state index in [0.29, 0.717) is 0 Å². The zero-order chi connectivity index (χ0) is 17.8. The first-order valence-corrected chi connectivity index (χ1v) is 8.26. The maximum atomic E-state index is 13.8. The first-order chi connectivity index (χ1) is 12.1. The van der Waals surface area contributed by atoms with Crippen LogP contribution in [0.1, 0.15) is 18.4 Å². The minimum atomic E-state index is -0.833. The van der Waals surface area contributed by atoms with Crippen LogP contribution in [0.5, 0.6) is 0 Å². The summed E-state index contributed by atoms with van der Waals surface area (Å²) in [4.78, 5) is 14.2. The Kier molecular flexibility index (Phi) is 5.28. The Morgan fingerprint density at radius 2 is 1.76 bits per heavy atom. The molecule has 6 heteroatoms. The average Bonchev–Trinajstić information content (AvgIpc) is 3.44. The summed E-state index contributed by atoms with van der Waals surface area (Å²) in [6, 6.07) is 11.7. The van der Waals surface area contributed by atoms with E-state index in [2.05, 4.69) is 5.32 Å². The molecule has 0 radical (unpaired) electrons. The van der Waals surface area contributed by atoms with Gasteiger partial charge in [-0.3, -0.25) is 0 Å². The molecule has 0 bridgehead atoms. The monoisotopic (exact) mass is 346 g/mol. The zero-order valence-electron chi connectivity index (χ0n) is 13.7. The normalized spacial score (nSPS) is 14.8. The number of aliphatic hydroxyl groups is 1. The van der Waals surface area contributed by atoms with Crippen LogP contribution < -0.4 is 5.32 Å². The highest BCUT2D eigenvalue weighted by Crippen LogP contribution is 2.36. The van der Waals surface area contributed by atoms with Gasteiger partial charge >= 0.3 is 6.03 Å². The van der Waals surface area contributed by atoms with Crippen molar-refractivity contribution in [2.45, 2.75) is 25.4 Å². The van der Waals surface area contributed by atoms with E-state index >= 15 is 0 Å². The Morgan fingerprint density at radius 1 is 1.12 bits per heavy atom. The van der Waals surface area contributed by atoms with Gasteiger partial charge in [-0.25, -0.2) is 13.6 Å². The van der Waals surface area contributed by atoms with Crippen LogP contribution in [0.3, 0.4) is 0 Å². The lowest BCUT2D eigenvalue weighted by atomic mass is 10.1. The number of hydrogen-bond donors (Lipinski definition) is 2. The van der Waals surface area contributed by atoms with Gasteiger partial charge < -0.3 is 15.3 Å². The second-order valence-electron chi connectivity index (χ2n) is 6.23. The van der Waals surface area contributed by atoms with Crippen LogP contribution in [-0.4, -0.2) is 28.7 Å². The topological polar surface area (TPSA) is 52.6 Å². The highest BCUT2D eigenvalue weighted by atomic mass is 19.1. The van der Waals surface area contributed by atoms with E-state index in [1.165, 1.54) is 11.0 Å². The molecule has 4 nitrogen and oxygen atoms in total. The Morgan fingerprint density at radius 3 is 2.32 bits per heavy atom. The minimum Gasteiger partial charge on any atom is -0.394 e. The standard InChI is InChI=1S/C19H20F2N2O2/c20-15-7-4-8-16(21)18(15)22-19(25)23(17(12-24)14-9-10-14)11-13-5-2-1-3-6-13/h1-8,14,17,24H,9-12H2,(H,22,25). The quantitative estimate of drug-likeness (QED) is 0.837. The highest BCUT2D eigenvalue weighted by Gasteiger charge is 2.37. The number of urea groups is 1. The van der Waals surface area contributed by atoms with E-state index in [4.69, 9.17) is 0 Å². The molecule has 0 aromatic heterocycles. The molecule has 0 spiro atoms. The third-order valence-electron chi connectivity index (χ3n) is 4.40. The predicted molar refractivity (Wildman–Crippen MR) is 91.0 cm³/mol. The van der Waals surface area contributed by atoms with Gasteiger partial charge in [-0.2, -0.15) is 0 Å². The number of hydrogen-bond acceptors (Lipinski definition) is 2. The summed E-state index contributed by atoms with van der Waals surface area (Å²) < 4.78 is 27.7.